The number of benzene rings is 1. The lowest BCUT2D eigenvalue weighted by atomic mass is 10.0. The summed E-state index contributed by atoms with van der Waals surface area (Å²) in [5, 5.41) is 16.1. The number of hydrogen-bond donors (Lipinski definition) is 3. The van der Waals surface area contributed by atoms with Crippen molar-refractivity contribution in [3.8, 4) is 0 Å². The third-order valence-electron chi connectivity index (χ3n) is 4.43. The second-order valence-electron chi connectivity index (χ2n) is 6.55. The van der Waals surface area contributed by atoms with E-state index < -0.39 is 0 Å². The first-order chi connectivity index (χ1) is 10.6. The highest BCUT2D eigenvalue weighted by Gasteiger charge is 2.41. The molecule has 0 aromatic heterocycles. The summed E-state index contributed by atoms with van der Waals surface area (Å²) in [6.07, 6.45) is 2.18. The summed E-state index contributed by atoms with van der Waals surface area (Å²) in [6.45, 7) is 9.04. The highest BCUT2D eigenvalue weighted by atomic mass is 127. The van der Waals surface area contributed by atoms with Gasteiger partial charge in [-0.05, 0) is 38.2 Å². The Morgan fingerprint density at radius 2 is 1.91 bits per heavy atom. The molecule has 5 heteroatoms. The molecule has 0 saturated heterocycles. The zero-order chi connectivity index (χ0) is 16.0. The van der Waals surface area contributed by atoms with Crippen LogP contribution in [-0.4, -0.2) is 37.3 Å². The van der Waals surface area contributed by atoms with Crippen molar-refractivity contribution in [2.45, 2.75) is 39.5 Å². The Bertz CT molecular complexity index is 497. The molecule has 23 heavy (non-hydrogen) atoms. The molecule has 1 atom stereocenters. The highest BCUT2D eigenvalue weighted by Crippen LogP contribution is 2.45. The predicted octanol–water partition coefficient (Wildman–Crippen LogP) is 3.04. The van der Waals surface area contributed by atoms with Crippen molar-refractivity contribution in [3.63, 3.8) is 0 Å². The van der Waals surface area contributed by atoms with Crippen molar-refractivity contribution < 1.29 is 5.11 Å². The minimum Gasteiger partial charge on any atom is -0.396 e. The number of aliphatic imine (C=N–C) groups is 1. The smallest absolute Gasteiger partial charge is 0.191 e. The van der Waals surface area contributed by atoms with Crippen LogP contribution in [0.4, 0.5) is 0 Å². The van der Waals surface area contributed by atoms with Crippen LogP contribution in [0.15, 0.2) is 29.3 Å². The lowest BCUT2D eigenvalue weighted by molar-refractivity contribution is 0.217. The summed E-state index contributed by atoms with van der Waals surface area (Å²) >= 11 is 0. The van der Waals surface area contributed by atoms with Crippen molar-refractivity contribution in [1.82, 2.24) is 10.6 Å². The van der Waals surface area contributed by atoms with E-state index in [4.69, 9.17) is 0 Å². The van der Waals surface area contributed by atoms with E-state index in [2.05, 4.69) is 60.7 Å². The van der Waals surface area contributed by atoms with Gasteiger partial charge in [-0.15, -0.1) is 24.0 Å². The standard InChI is InChI=1S/C18H29N3O.HI/c1-4-19-17(21-12-18(13-22)9-10-18)20-11-15(3)16-7-5-14(2)6-8-16;/h5-8,15,22H,4,9-13H2,1-3H3,(H2,19,20,21);1H. The van der Waals surface area contributed by atoms with Crippen molar-refractivity contribution in [1.29, 1.82) is 0 Å². The van der Waals surface area contributed by atoms with Crippen LogP contribution in [0.3, 0.4) is 0 Å². The molecule has 3 N–H and O–H groups in total. The SMILES string of the molecule is CCNC(=NCC1(CO)CC1)NCC(C)c1ccc(C)cc1.I. The maximum absolute atomic E-state index is 9.38. The normalized spacial score (nSPS) is 17.1. The lowest BCUT2D eigenvalue weighted by Gasteiger charge is -2.17. The van der Waals surface area contributed by atoms with Gasteiger partial charge in [0.25, 0.3) is 0 Å². The van der Waals surface area contributed by atoms with Gasteiger partial charge >= 0.3 is 0 Å². The Hall–Kier alpha value is -0.820. The molecule has 1 fully saturated rings. The molecule has 4 nitrogen and oxygen atoms in total. The number of nitrogens with zero attached hydrogens (tertiary/aromatic N) is 1. The van der Waals surface area contributed by atoms with Gasteiger partial charge in [-0.1, -0.05) is 36.8 Å². The van der Waals surface area contributed by atoms with Gasteiger partial charge in [0, 0.05) is 18.5 Å². The van der Waals surface area contributed by atoms with Crippen molar-refractivity contribution in [2.75, 3.05) is 26.2 Å². The summed E-state index contributed by atoms with van der Waals surface area (Å²) < 4.78 is 0. The Kier molecular flexibility index (Phi) is 8.33. The van der Waals surface area contributed by atoms with E-state index >= 15 is 0 Å². The largest absolute Gasteiger partial charge is 0.396 e. The first-order valence-corrected chi connectivity index (χ1v) is 8.28. The maximum atomic E-state index is 9.38. The van der Waals surface area contributed by atoms with Crippen LogP contribution >= 0.6 is 24.0 Å². The second kappa shape index (κ2) is 9.47. The molecular formula is C18H30IN3O. The summed E-state index contributed by atoms with van der Waals surface area (Å²) in [5.41, 5.74) is 2.69. The van der Waals surface area contributed by atoms with Crippen LogP contribution in [0.2, 0.25) is 0 Å². The predicted molar refractivity (Wildman–Crippen MR) is 108 cm³/mol. The zero-order valence-corrected chi connectivity index (χ0v) is 16.8. The molecule has 0 spiro atoms. The number of aliphatic hydroxyl groups excluding tert-OH is 1. The van der Waals surface area contributed by atoms with Gasteiger partial charge in [-0.3, -0.25) is 4.99 Å². The quantitative estimate of drug-likeness (QED) is 0.354. The first kappa shape index (κ1) is 20.2. The Balaban J connectivity index is 0.00000264. The van der Waals surface area contributed by atoms with E-state index in [0.717, 1.165) is 31.9 Å². The molecule has 0 radical (unpaired) electrons. The summed E-state index contributed by atoms with van der Waals surface area (Å²) in [7, 11) is 0. The highest BCUT2D eigenvalue weighted by molar-refractivity contribution is 14.0. The first-order valence-electron chi connectivity index (χ1n) is 8.28. The van der Waals surface area contributed by atoms with E-state index in [0.29, 0.717) is 12.5 Å². The Morgan fingerprint density at radius 1 is 1.26 bits per heavy atom. The number of hydrogen-bond acceptors (Lipinski definition) is 2. The van der Waals surface area contributed by atoms with Crippen LogP contribution < -0.4 is 10.6 Å². The number of aryl methyl sites for hydroxylation is 1. The fourth-order valence-corrected chi connectivity index (χ4v) is 2.39. The molecule has 0 amide bonds. The monoisotopic (exact) mass is 431 g/mol. The number of guanidine groups is 1. The molecule has 1 unspecified atom stereocenters. The maximum Gasteiger partial charge on any atom is 0.191 e. The molecule has 1 aromatic carbocycles. The van der Waals surface area contributed by atoms with E-state index in [9.17, 15) is 5.11 Å². The van der Waals surface area contributed by atoms with Gasteiger partial charge in [0.15, 0.2) is 5.96 Å². The van der Waals surface area contributed by atoms with Crippen LogP contribution in [0, 0.1) is 12.3 Å². The molecule has 130 valence electrons. The van der Waals surface area contributed by atoms with Crippen LogP contribution in [0.5, 0.6) is 0 Å². The number of halogens is 1. The van der Waals surface area contributed by atoms with E-state index in [1.165, 1.54) is 11.1 Å². The molecule has 1 aliphatic rings. The Morgan fingerprint density at radius 3 is 2.43 bits per heavy atom. The van der Waals surface area contributed by atoms with Crippen LogP contribution in [0.1, 0.15) is 43.7 Å². The average Bonchev–Trinajstić information content (AvgIpc) is 3.31. The topological polar surface area (TPSA) is 56.7 Å². The summed E-state index contributed by atoms with van der Waals surface area (Å²) in [4.78, 5) is 4.63. The van der Waals surface area contributed by atoms with Gasteiger partial charge in [0.1, 0.15) is 0 Å². The van der Waals surface area contributed by atoms with Gasteiger partial charge in [0.2, 0.25) is 0 Å². The third-order valence-corrected chi connectivity index (χ3v) is 4.43. The number of aliphatic hydroxyl groups is 1. The Labute approximate surface area is 157 Å². The van der Waals surface area contributed by atoms with Crippen LogP contribution in [-0.2, 0) is 0 Å². The molecular weight excluding hydrogens is 401 g/mol. The molecule has 1 saturated carbocycles. The number of rotatable bonds is 7. The van der Waals surface area contributed by atoms with Crippen molar-refractivity contribution >= 4 is 29.9 Å². The minimum atomic E-state index is 0. The number of nitrogens with one attached hydrogen (secondary N) is 2. The molecule has 2 rings (SSSR count). The zero-order valence-electron chi connectivity index (χ0n) is 14.4. The lowest BCUT2D eigenvalue weighted by Crippen LogP contribution is -2.39. The van der Waals surface area contributed by atoms with Gasteiger partial charge < -0.3 is 15.7 Å². The second-order valence-corrected chi connectivity index (χ2v) is 6.55. The van der Waals surface area contributed by atoms with Crippen molar-refractivity contribution in [2.24, 2.45) is 10.4 Å². The minimum absolute atomic E-state index is 0. The molecule has 0 heterocycles. The molecule has 0 aliphatic heterocycles. The van der Waals surface area contributed by atoms with E-state index in [-0.39, 0.29) is 36.0 Å². The summed E-state index contributed by atoms with van der Waals surface area (Å²) in [5.74, 6) is 1.28. The van der Waals surface area contributed by atoms with E-state index in [1.807, 2.05) is 0 Å². The third kappa shape index (κ3) is 6.30. The molecule has 1 aliphatic carbocycles. The molecule has 0 bridgehead atoms. The van der Waals surface area contributed by atoms with Crippen LogP contribution in [0.25, 0.3) is 0 Å². The van der Waals surface area contributed by atoms with Gasteiger partial charge in [-0.2, -0.15) is 0 Å². The van der Waals surface area contributed by atoms with E-state index in [1.54, 1.807) is 0 Å². The molecule has 1 aromatic rings. The fourth-order valence-electron chi connectivity index (χ4n) is 2.39. The summed E-state index contributed by atoms with van der Waals surface area (Å²) in [6, 6.07) is 8.69. The average molecular weight is 431 g/mol. The van der Waals surface area contributed by atoms with Gasteiger partial charge in [0.05, 0.1) is 13.2 Å². The fraction of sp³-hybridized carbons (Fsp3) is 0.611. The van der Waals surface area contributed by atoms with Crippen molar-refractivity contribution in [3.05, 3.63) is 35.4 Å². The van der Waals surface area contributed by atoms with Gasteiger partial charge in [-0.25, -0.2) is 0 Å².